The number of ketones is 1. The number of para-hydroxylation sites is 1. The Bertz CT molecular complexity index is 877. The summed E-state index contributed by atoms with van der Waals surface area (Å²) in [6.07, 6.45) is -4.69. The summed E-state index contributed by atoms with van der Waals surface area (Å²) in [5, 5.41) is 2.18. The number of likely N-dealkylation sites (N-methyl/N-ethyl adjacent to an activating group) is 1. The molecule has 2 rings (SSSR count). The van der Waals surface area contributed by atoms with Crippen LogP contribution in [0, 0.1) is 6.92 Å². The smallest absolute Gasteiger partial charge is 0.336 e. The number of thiophene rings is 1. The van der Waals surface area contributed by atoms with E-state index in [1.165, 1.54) is 30.5 Å². The standard InChI is InChI=1S/C19H19F3N2O3S/c1-12-7-9-16(28-12)15(25)8-10-18(27)24(2)11-17(26)23-14-6-4-3-5-13(14)19(20,21)22/h3-7,9H,8,10-11H2,1-2H3,(H,23,26). The van der Waals surface area contributed by atoms with E-state index in [4.69, 9.17) is 0 Å². The van der Waals surface area contributed by atoms with E-state index in [0.29, 0.717) is 4.88 Å². The molecule has 1 N–H and O–H groups in total. The SMILES string of the molecule is Cc1ccc(C(=O)CCC(=O)N(C)CC(=O)Nc2ccccc2C(F)(F)F)s1. The second-order valence-electron chi connectivity index (χ2n) is 6.17. The maximum absolute atomic E-state index is 13.0. The van der Waals surface area contributed by atoms with Crippen molar-refractivity contribution in [3.63, 3.8) is 0 Å². The summed E-state index contributed by atoms with van der Waals surface area (Å²) in [6.45, 7) is 1.45. The first-order chi connectivity index (χ1) is 13.1. The van der Waals surface area contributed by atoms with Crippen LogP contribution in [-0.2, 0) is 15.8 Å². The Morgan fingerprint density at radius 2 is 1.75 bits per heavy atom. The van der Waals surface area contributed by atoms with Gasteiger partial charge in [-0.25, -0.2) is 0 Å². The van der Waals surface area contributed by atoms with Gasteiger partial charge < -0.3 is 10.2 Å². The molecule has 1 aromatic carbocycles. The zero-order valence-corrected chi connectivity index (χ0v) is 16.1. The fraction of sp³-hybridized carbons (Fsp3) is 0.316. The molecule has 150 valence electrons. The van der Waals surface area contributed by atoms with Crippen molar-refractivity contribution in [3.8, 4) is 0 Å². The molecule has 28 heavy (non-hydrogen) atoms. The molecule has 0 radical (unpaired) electrons. The van der Waals surface area contributed by atoms with Gasteiger partial charge >= 0.3 is 6.18 Å². The number of Topliss-reactive ketones (excluding diaryl/α,β-unsaturated/α-hetero) is 1. The fourth-order valence-corrected chi connectivity index (χ4v) is 3.29. The van der Waals surface area contributed by atoms with Crippen LogP contribution in [0.15, 0.2) is 36.4 Å². The highest BCUT2D eigenvalue weighted by molar-refractivity contribution is 7.14. The largest absolute Gasteiger partial charge is 0.418 e. The van der Waals surface area contributed by atoms with E-state index >= 15 is 0 Å². The number of nitrogens with one attached hydrogen (secondary N) is 1. The number of aryl methyl sites for hydroxylation is 1. The molecule has 0 bridgehead atoms. The Morgan fingerprint density at radius 1 is 1.07 bits per heavy atom. The number of amides is 2. The van der Waals surface area contributed by atoms with Crippen LogP contribution in [0.4, 0.5) is 18.9 Å². The van der Waals surface area contributed by atoms with Crippen molar-refractivity contribution in [2.75, 3.05) is 18.9 Å². The van der Waals surface area contributed by atoms with Crippen molar-refractivity contribution >= 4 is 34.6 Å². The molecule has 0 atom stereocenters. The molecule has 0 saturated heterocycles. The predicted octanol–water partition coefficient (Wildman–Crippen LogP) is 4.14. The average molecular weight is 412 g/mol. The molecule has 0 unspecified atom stereocenters. The molecule has 2 amide bonds. The lowest BCUT2D eigenvalue weighted by Gasteiger charge is -2.18. The number of carbonyl (C=O) groups is 3. The number of benzene rings is 1. The van der Waals surface area contributed by atoms with Gasteiger partial charge in [0.15, 0.2) is 5.78 Å². The third-order valence-corrected chi connectivity index (χ3v) is 4.94. The van der Waals surface area contributed by atoms with Gasteiger partial charge in [-0.05, 0) is 31.2 Å². The maximum atomic E-state index is 13.0. The van der Waals surface area contributed by atoms with Gasteiger partial charge in [-0.15, -0.1) is 11.3 Å². The summed E-state index contributed by atoms with van der Waals surface area (Å²) in [5.74, 6) is -1.36. The third kappa shape index (κ3) is 5.91. The van der Waals surface area contributed by atoms with Gasteiger partial charge in [-0.3, -0.25) is 14.4 Å². The summed E-state index contributed by atoms with van der Waals surface area (Å²) >= 11 is 1.34. The number of halogens is 3. The zero-order chi connectivity index (χ0) is 20.9. The molecule has 0 aliphatic carbocycles. The molecule has 2 aromatic rings. The number of alkyl halides is 3. The van der Waals surface area contributed by atoms with Crippen molar-refractivity contribution in [2.24, 2.45) is 0 Å². The minimum absolute atomic E-state index is 0.00164. The number of carbonyl (C=O) groups excluding carboxylic acids is 3. The lowest BCUT2D eigenvalue weighted by atomic mass is 10.1. The van der Waals surface area contributed by atoms with E-state index in [-0.39, 0.29) is 24.3 Å². The van der Waals surface area contributed by atoms with Crippen LogP contribution in [-0.4, -0.2) is 36.1 Å². The van der Waals surface area contributed by atoms with E-state index in [9.17, 15) is 27.6 Å². The van der Waals surface area contributed by atoms with E-state index in [1.54, 1.807) is 6.07 Å². The van der Waals surface area contributed by atoms with Crippen LogP contribution in [0.5, 0.6) is 0 Å². The molecule has 5 nitrogen and oxygen atoms in total. The van der Waals surface area contributed by atoms with E-state index in [1.807, 2.05) is 13.0 Å². The highest BCUT2D eigenvalue weighted by Gasteiger charge is 2.33. The predicted molar refractivity (Wildman–Crippen MR) is 100 cm³/mol. The molecule has 0 saturated carbocycles. The average Bonchev–Trinajstić information content (AvgIpc) is 3.05. The number of hydrogen-bond acceptors (Lipinski definition) is 4. The number of hydrogen-bond donors (Lipinski definition) is 1. The van der Waals surface area contributed by atoms with Crippen molar-refractivity contribution in [1.82, 2.24) is 4.90 Å². The van der Waals surface area contributed by atoms with Crippen LogP contribution >= 0.6 is 11.3 Å². The van der Waals surface area contributed by atoms with E-state index < -0.39 is 30.1 Å². The van der Waals surface area contributed by atoms with E-state index in [2.05, 4.69) is 5.32 Å². The van der Waals surface area contributed by atoms with Crippen molar-refractivity contribution < 1.29 is 27.6 Å². The zero-order valence-electron chi connectivity index (χ0n) is 15.3. The summed E-state index contributed by atoms with van der Waals surface area (Å²) < 4.78 is 38.9. The number of nitrogens with zero attached hydrogens (tertiary/aromatic N) is 1. The minimum atomic E-state index is -4.61. The first-order valence-electron chi connectivity index (χ1n) is 8.37. The van der Waals surface area contributed by atoms with E-state index in [0.717, 1.165) is 21.9 Å². The third-order valence-electron chi connectivity index (χ3n) is 3.89. The van der Waals surface area contributed by atoms with Crippen LogP contribution in [0.25, 0.3) is 0 Å². The van der Waals surface area contributed by atoms with Crippen LogP contribution in [0.1, 0.15) is 33.0 Å². The van der Waals surface area contributed by atoms with Crippen molar-refractivity contribution in [1.29, 1.82) is 0 Å². The highest BCUT2D eigenvalue weighted by Crippen LogP contribution is 2.34. The molecule has 0 aliphatic rings. The lowest BCUT2D eigenvalue weighted by molar-refractivity contribution is -0.137. The monoisotopic (exact) mass is 412 g/mol. The van der Waals surface area contributed by atoms with Crippen molar-refractivity contribution in [2.45, 2.75) is 25.9 Å². The Morgan fingerprint density at radius 3 is 2.36 bits per heavy atom. The normalized spacial score (nSPS) is 11.2. The first-order valence-corrected chi connectivity index (χ1v) is 9.19. The van der Waals surface area contributed by atoms with Gasteiger partial charge in [0.1, 0.15) is 0 Å². The summed E-state index contributed by atoms with van der Waals surface area (Å²) in [7, 11) is 1.36. The summed E-state index contributed by atoms with van der Waals surface area (Å²) in [4.78, 5) is 38.8. The van der Waals surface area contributed by atoms with Gasteiger partial charge in [0.2, 0.25) is 11.8 Å². The van der Waals surface area contributed by atoms with Gasteiger partial charge in [-0.2, -0.15) is 13.2 Å². The number of rotatable bonds is 7. The molecule has 0 aliphatic heterocycles. The second kappa shape index (κ2) is 9.01. The van der Waals surface area contributed by atoms with Crippen LogP contribution < -0.4 is 5.32 Å². The van der Waals surface area contributed by atoms with Gasteiger partial charge in [0.25, 0.3) is 0 Å². The van der Waals surface area contributed by atoms with Gasteiger partial charge in [-0.1, -0.05) is 12.1 Å². The minimum Gasteiger partial charge on any atom is -0.336 e. The Labute approximate surface area is 164 Å². The number of anilines is 1. The highest BCUT2D eigenvalue weighted by atomic mass is 32.1. The fourth-order valence-electron chi connectivity index (χ4n) is 2.45. The molecular formula is C19H19F3N2O3S. The van der Waals surface area contributed by atoms with Gasteiger partial charge in [0, 0.05) is 24.8 Å². The Hall–Kier alpha value is -2.68. The topological polar surface area (TPSA) is 66.5 Å². The quantitative estimate of drug-likeness (QED) is 0.696. The molecular weight excluding hydrogens is 393 g/mol. The molecule has 9 heteroatoms. The second-order valence-corrected chi connectivity index (χ2v) is 7.46. The van der Waals surface area contributed by atoms with Gasteiger partial charge in [0.05, 0.1) is 22.7 Å². The molecule has 1 aromatic heterocycles. The summed E-state index contributed by atoms with van der Waals surface area (Å²) in [5.41, 5.74) is -1.33. The van der Waals surface area contributed by atoms with Crippen LogP contribution in [0.2, 0.25) is 0 Å². The molecule has 0 spiro atoms. The summed E-state index contributed by atoms with van der Waals surface area (Å²) in [6, 6.07) is 8.11. The lowest BCUT2D eigenvalue weighted by Crippen LogP contribution is -2.35. The van der Waals surface area contributed by atoms with Crippen LogP contribution in [0.3, 0.4) is 0 Å². The molecule has 0 fully saturated rings. The Kier molecular flexibility index (Phi) is 6.95. The first kappa shape index (κ1) is 21.6. The Balaban J connectivity index is 1.88. The maximum Gasteiger partial charge on any atom is 0.418 e. The van der Waals surface area contributed by atoms with Crippen molar-refractivity contribution in [3.05, 3.63) is 51.7 Å². The molecule has 1 heterocycles.